The Kier molecular flexibility index (Phi) is 3.40. The van der Waals surface area contributed by atoms with Gasteiger partial charge in [-0.25, -0.2) is 0 Å². The van der Waals surface area contributed by atoms with E-state index in [2.05, 4.69) is 11.1 Å². The predicted molar refractivity (Wildman–Crippen MR) is 67.1 cm³/mol. The second-order valence-corrected chi connectivity index (χ2v) is 4.78. The van der Waals surface area contributed by atoms with Crippen LogP contribution in [0.5, 0.6) is 5.75 Å². The third-order valence-electron chi connectivity index (χ3n) is 2.43. The SMILES string of the molecule is Cc1cc(C#N)cc(C)c1OCc1cncs1. The van der Waals surface area contributed by atoms with Crippen LogP contribution in [-0.2, 0) is 6.61 Å². The number of benzene rings is 1. The molecule has 0 amide bonds. The van der Waals surface area contributed by atoms with E-state index < -0.39 is 0 Å². The Balaban J connectivity index is 2.19. The summed E-state index contributed by atoms with van der Waals surface area (Å²) >= 11 is 1.57. The molecule has 0 atom stereocenters. The maximum Gasteiger partial charge on any atom is 0.125 e. The van der Waals surface area contributed by atoms with Crippen LogP contribution in [0.1, 0.15) is 21.6 Å². The van der Waals surface area contributed by atoms with Crippen LogP contribution in [0.3, 0.4) is 0 Å². The van der Waals surface area contributed by atoms with Crippen LogP contribution in [0.2, 0.25) is 0 Å². The summed E-state index contributed by atoms with van der Waals surface area (Å²) in [6.07, 6.45) is 1.80. The van der Waals surface area contributed by atoms with Crippen molar-refractivity contribution in [1.29, 1.82) is 5.26 Å². The van der Waals surface area contributed by atoms with Gasteiger partial charge in [0.1, 0.15) is 12.4 Å². The summed E-state index contributed by atoms with van der Waals surface area (Å²) in [6, 6.07) is 5.83. The first-order valence-electron chi connectivity index (χ1n) is 5.22. The Labute approximate surface area is 104 Å². The minimum Gasteiger partial charge on any atom is -0.487 e. The number of thiazole rings is 1. The number of aryl methyl sites for hydroxylation is 2. The van der Waals surface area contributed by atoms with Gasteiger partial charge >= 0.3 is 0 Å². The van der Waals surface area contributed by atoms with Crippen LogP contribution in [-0.4, -0.2) is 4.98 Å². The smallest absolute Gasteiger partial charge is 0.125 e. The van der Waals surface area contributed by atoms with Gasteiger partial charge in [-0.1, -0.05) is 0 Å². The molecule has 0 unspecified atom stereocenters. The molecule has 0 N–H and O–H groups in total. The van der Waals surface area contributed by atoms with E-state index in [4.69, 9.17) is 10.00 Å². The zero-order valence-electron chi connectivity index (χ0n) is 9.73. The van der Waals surface area contributed by atoms with E-state index >= 15 is 0 Å². The molecular weight excluding hydrogens is 232 g/mol. The highest BCUT2D eigenvalue weighted by Gasteiger charge is 2.07. The lowest BCUT2D eigenvalue weighted by atomic mass is 10.1. The molecule has 1 heterocycles. The molecule has 2 aromatic rings. The van der Waals surface area contributed by atoms with Crippen molar-refractivity contribution < 1.29 is 4.74 Å². The topological polar surface area (TPSA) is 45.9 Å². The molecule has 4 heteroatoms. The average molecular weight is 244 g/mol. The van der Waals surface area contributed by atoms with Crippen molar-refractivity contribution in [1.82, 2.24) is 4.98 Å². The lowest BCUT2D eigenvalue weighted by Crippen LogP contribution is -1.98. The number of ether oxygens (including phenoxy) is 1. The molecule has 0 radical (unpaired) electrons. The molecule has 0 aliphatic carbocycles. The first kappa shape index (κ1) is 11.6. The maximum absolute atomic E-state index is 8.86. The quantitative estimate of drug-likeness (QED) is 0.832. The number of nitrogens with zero attached hydrogens (tertiary/aromatic N) is 2. The molecular formula is C13H12N2OS. The largest absolute Gasteiger partial charge is 0.487 e. The zero-order valence-corrected chi connectivity index (χ0v) is 10.5. The standard InChI is InChI=1S/C13H12N2OS/c1-9-3-11(5-14)4-10(2)13(9)16-7-12-6-15-8-17-12/h3-4,6,8H,7H2,1-2H3. The average Bonchev–Trinajstić information content (AvgIpc) is 2.80. The second-order valence-electron chi connectivity index (χ2n) is 3.81. The monoisotopic (exact) mass is 244 g/mol. The first-order chi connectivity index (χ1) is 8.20. The lowest BCUT2D eigenvalue weighted by molar-refractivity contribution is 0.305. The fourth-order valence-electron chi connectivity index (χ4n) is 1.70. The van der Waals surface area contributed by atoms with Crippen LogP contribution < -0.4 is 4.74 Å². The second kappa shape index (κ2) is 4.98. The van der Waals surface area contributed by atoms with Crippen LogP contribution in [0, 0.1) is 25.2 Å². The van der Waals surface area contributed by atoms with Crippen LogP contribution >= 0.6 is 11.3 Å². The van der Waals surface area contributed by atoms with E-state index in [-0.39, 0.29) is 0 Å². The highest BCUT2D eigenvalue weighted by Crippen LogP contribution is 2.25. The Morgan fingerprint density at radius 1 is 1.35 bits per heavy atom. The molecule has 0 aliphatic rings. The summed E-state index contributed by atoms with van der Waals surface area (Å²) in [5, 5.41) is 8.86. The Morgan fingerprint density at radius 3 is 2.59 bits per heavy atom. The van der Waals surface area contributed by atoms with Crippen molar-refractivity contribution >= 4 is 11.3 Å². The van der Waals surface area contributed by atoms with Crippen LogP contribution in [0.15, 0.2) is 23.8 Å². The summed E-state index contributed by atoms with van der Waals surface area (Å²) in [5.74, 6) is 0.859. The molecule has 0 spiro atoms. The Hall–Kier alpha value is -1.86. The van der Waals surface area contributed by atoms with Crippen molar-refractivity contribution in [2.45, 2.75) is 20.5 Å². The number of rotatable bonds is 3. The minimum atomic E-state index is 0.526. The van der Waals surface area contributed by atoms with E-state index in [9.17, 15) is 0 Å². The maximum atomic E-state index is 8.86. The summed E-state index contributed by atoms with van der Waals surface area (Å²) < 4.78 is 5.77. The minimum absolute atomic E-state index is 0.526. The van der Waals surface area contributed by atoms with Gasteiger partial charge in [0.25, 0.3) is 0 Å². The van der Waals surface area contributed by atoms with E-state index in [0.717, 1.165) is 21.8 Å². The molecule has 1 aromatic heterocycles. The molecule has 0 fully saturated rings. The number of hydrogen-bond acceptors (Lipinski definition) is 4. The van der Waals surface area contributed by atoms with Gasteiger partial charge < -0.3 is 4.74 Å². The highest BCUT2D eigenvalue weighted by atomic mass is 32.1. The Morgan fingerprint density at radius 2 is 2.06 bits per heavy atom. The summed E-state index contributed by atoms with van der Waals surface area (Å²) in [6.45, 7) is 4.43. The molecule has 0 saturated heterocycles. The molecule has 86 valence electrons. The van der Waals surface area contributed by atoms with Gasteiger partial charge in [0.05, 0.1) is 22.0 Å². The van der Waals surface area contributed by atoms with E-state index in [1.807, 2.05) is 26.0 Å². The first-order valence-corrected chi connectivity index (χ1v) is 6.10. The molecule has 3 nitrogen and oxygen atoms in total. The van der Waals surface area contributed by atoms with Gasteiger partial charge in [-0.05, 0) is 37.1 Å². The van der Waals surface area contributed by atoms with Crippen molar-refractivity contribution in [2.75, 3.05) is 0 Å². The number of hydrogen-bond donors (Lipinski definition) is 0. The van der Waals surface area contributed by atoms with Gasteiger partial charge in [-0.15, -0.1) is 11.3 Å². The normalized spacial score (nSPS) is 9.94. The van der Waals surface area contributed by atoms with E-state index in [0.29, 0.717) is 12.2 Å². The highest BCUT2D eigenvalue weighted by molar-refractivity contribution is 7.09. The van der Waals surface area contributed by atoms with Gasteiger partial charge in [-0.2, -0.15) is 5.26 Å². The van der Waals surface area contributed by atoms with Crippen LogP contribution in [0.4, 0.5) is 0 Å². The van der Waals surface area contributed by atoms with E-state index in [1.165, 1.54) is 0 Å². The van der Waals surface area contributed by atoms with E-state index in [1.54, 1.807) is 23.0 Å². The molecule has 17 heavy (non-hydrogen) atoms. The molecule has 1 aromatic carbocycles. The van der Waals surface area contributed by atoms with Crippen molar-refractivity contribution in [3.63, 3.8) is 0 Å². The van der Waals surface area contributed by atoms with Crippen LogP contribution in [0.25, 0.3) is 0 Å². The predicted octanol–water partition coefficient (Wildman–Crippen LogP) is 3.21. The summed E-state index contributed by atoms with van der Waals surface area (Å²) in [5.41, 5.74) is 4.44. The number of aromatic nitrogens is 1. The third-order valence-corrected chi connectivity index (χ3v) is 3.18. The molecule has 2 rings (SSSR count). The summed E-state index contributed by atoms with van der Waals surface area (Å²) in [4.78, 5) is 5.09. The number of nitriles is 1. The fraction of sp³-hybridized carbons (Fsp3) is 0.231. The van der Waals surface area contributed by atoms with Crippen molar-refractivity contribution in [3.05, 3.63) is 45.4 Å². The van der Waals surface area contributed by atoms with Gasteiger partial charge in [-0.3, -0.25) is 4.98 Å². The van der Waals surface area contributed by atoms with Gasteiger partial charge in [0.2, 0.25) is 0 Å². The molecule has 0 bridgehead atoms. The lowest BCUT2D eigenvalue weighted by Gasteiger charge is -2.11. The van der Waals surface area contributed by atoms with Gasteiger partial charge in [0.15, 0.2) is 0 Å². The van der Waals surface area contributed by atoms with Crippen molar-refractivity contribution in [2.24, 2.45) is 0 Å². The van der Waals surface area contributed by atoms with Crippen molar-refractivity contribution in [3.8, 4) is 11.8 Å². The fourth-order valence-corrected chi connectivity index (χ4v) is 2.20. The molecule has 0 saturated carbocycles. The zero-order chi connectivity index (χ0) is 12.3. The third kappa shape index (κ3) is 2.63. The molecule has 0 aliphatic heterocycles. The summed E-state index contributed by atoms with van der Waals surface area (Å²) in [7, 11) is 0. The Bertz CT molecular complexity index is 532. The van der Waals surface area contributed by atoms with Gasteiger partial charge in [0, 0.05) is 6.20 Å².